The number of aromatic hydroxyl groups is 1. The van der Waals surface area contributed by atoms with Gasteiger partial charge in [0.1, 0.15) is 23.4 Å². The number of hydrogen-bond donors (Lipinski definition) is 4. The monoisotopic (exact) mass is 669 g/mol. The van der Waals surface area contributed by atoms with Crippen LogP contribution in [0.1, 0.15) is 70.2 Å². The van der Waals surface area contributed by atoms with Gasteiger partial charge in [-0.25, -0.2) is 4.79 Å². The van der Waals surface area contributed by atoms with Crippen LogP contribution in [0.15, 0.2) is 79.0 Å². The SMILES string of the molecule is CCCN(C(=O)[C@H](NC(=O)OC(C)(C)C)c1ccccc1)[C@@H](CC)C(=O)Nc1ccc(C#Cc2cn[nH]c2-c2cc(Cl)ccc2O)cc1. The molecule has 2 atom stereocenters. The van der Waals surface area contributed by atoms with Gasteiger partial charge in [0.25, 0.3) is 5.91 Å². The van der Waals surface area contributed by atoms with Crippen LogP contribution in [0, 0.1) is 11.8 Å². The van der Waals surface area contributed by atoms with Crippen LogP contribution < -0.4 is 10.6 Å². The number of rotatable bonds is 10. The van der Waals surface area contributed by atoms with Crippen molar-refractivity contribution in [2.45, 2.75) is 65.1 Å². The molecule has 250 valence electrons. The lowest BCUT2D eigenvalue weighted by molar-refractivity contribution is -0.140. The highest BCUT2D eigenvalue weighted by Gasteiger charge is 2.35. The van der Waals surface area contributed by atoms with Crippen molar-refractivity contribution in [3.8, 4) is 28.8 Å². The Morgan fingerprint density at radius 1 is 1.02 bits per heavy atom. The van der Waals surface area contributed by atoms with Crippen molar-refractivity contribution in [2.24, 2.45) is 0 Å². The van der Waals surface area contributed by atoms with E-state index < -0.39 is 29.7 Å². The lowest BCUT2D eigenvalue weighted by Crippen LogP contribution is -2.52. The highest BCUT2D eigenvalue weighted by Crippen LogP contribution is 2.32. The first kappa shape index (κ1) is 35.6. The molecule has 0 saturated carbocycles. The molecular formula is C37H40ClN5O5. The molecular weight excluding hydrogens is 630 g/mol. The van der Waals surface area contributed by atoms with Crippen LogP contribution in [-0.2, 0) is 14.3 Å². The third-order valence-corrected chi connectivity index (χ3v) is 7.45. The van der Waals surface area contributed by atoms with E-state index in [-0.39, 0.29) is 11.7 Å². The number of halogens is 1. The van der Waals surface area contributed by atoms with Crippen LogP contribution in [0.5, 0.6) is 5.75 Å². The van der Waals surface area contributed by atoms with E-state index >= 15 is 0 Å². The molecule has 4 aromatic rings. The number of amides is 3. The predicted octanol–water partition coefficient (Wildman–Crippen LogP) is 7.06. The van der Waals surface area contributed by atoms with E-state index in [1.54, 1.807) is 87.6 Å². The number of aromatic amines is 1. The van der Waals surface area contributed by atoms with E-state index in [0.29, 0.717) is 58.0 Å². The number of carbonyl (C=O) groups excluding carboxylic acids is 3. The van der Waals surface area contributed by atoms with Crippen LogP contribution in [0.4, 0.5) is 10.5 Å². The summed E-state index contributed by atoms with van der Waals surface area (Å²) in [6.45, 7) is 9.31. The molecule has 0 aliphatic carbocycles. The largest absolute Gasteiger partial charge is 0.507 e. The number of nitrogens with one attached hydrogen (secondary N) is 3. The third kappa shape index (κ3) is 9.39. The van der Waals surface area contributed by atoms with Gasteiger partial charge in [-0.2, -0.15) is 5.10 Å². The normalized spacial score (nSPS) is 12.2. The Hall–Kier alpha value is -5.27. The average molecular weight is 670 g/mol. The Kier molecular flexibility index (Phi) is 11.9. The molecule has 1 heterocycles. The zero-order valence-electron chi connectivity index (χ0n) is 27.6. The van der Waals surface area contributed by atoms with Gasteiger partial charge < -0.3 is 25.4 Å². The van der Waals surface area contributed by atoms with E-state index in [1.165, 1.54) is 11.0 Å². The summed E-state index contributed by atoms with van der Waals surface area (Å²) in [5.74, 6) is 5.43. The van der Waals surface area contributed by atoms with Crippen molar-refractivity contribution >= 4 is 35.2 Å². The van der Waals surface area contributed by atoms with Gasteiger partial charge >= 0.3 is 6.09 Å². The molecule has 1 aromatic heterocycles. The minimum Gasteiger partial charge on any atom is -0.507 e. The topological polar surface area (TPSA) is 137 Å². The maximum absolute atomic E-state index is 14.1. The van der Waals surface area contributed by atoms with E-state index in [1.807, 2.05) is 19.9 Å². The summed E-state index contributed by atoms with van der Waals surface area (Å²) in [6.07, 6.45) is 1.79. The van der Waals surface area contributed by atoms with Crippen LogP contribution in [0.25, 0.3) is 11.3 Å². The van der Waals surface area contributed by atoms with Crippen LogP contribution in [0.2, 0.25) is 5.02 Å². The van der Waals surface area contributed by atoms with E-state index in [2.05, 4.69) is 32.7 Å². The number of phenols is 1. The zero-order chi connectivity index (χ0) is 34.8. The summed E-state index contributed by atoms with van der Waals surface area (Å²) >= 11 is 6.11. The molecule has 11 heteroatoms. The van der Waals surface area contributed by atoms with Crippen LogP contribution in [-0.4, -0.2) is 56.3 Å². The molecule has 10 nitrogen and oxygen atoms in total. The Bertz CT molecular complexity index is 1790. The summed E-state index contributed by atoms with van der Waals surface area (Å²) in [7, 11) is 0. The molecule has 0 radical (unpaired) electrons. The molecule has 0 unspecified atom stereocenters. The fourth-order valence-corrected chi connectivity index (χ4v) is 5.20. The first-order valence-corrected chi connectivity index (χ1v) is 16.1. The minimum absolute atomic E-state index is 0.0475. The molecule has 3 aromatic carbocycles. The molecule has 0 aliphatic rings. The van der Waals surface area contributed by atoms with E-state index in [4.69, 9.17) is 16.3 Å². The van der Waals surface area contributed by atoms with Gasteiger partial charge in [-0.05, 0) is 81.6 Å². The number of ether oxygens (including phenoxy) is 1. The number of phenolic OH excluding ortho intramolecular Hbond substituents is 1. The summed E-state index contributed by atoms with van der Waals surface area (Å²) in [6, 6.07) is 18.8. The molecule has 4 rings (SSSR count). The predicted molar refractivity (Wildman–Crippen MR) is 186 cm³/mol. The third-order valence-electron chi connectivity index (χ3n) is 7.22. The van der Waals surface area contributed by atoms with Gasteiger partial charge in [-0.3, -0.25) is 14.7 Å². The zero-order valence-corrected chi connectivity index (χ0v) is 28.4. The quantitative estimate of drug-likeness (QED) is 0.134. The molecule has 4 N–H and O–H groups in total. The number of anilines is 1. The molecule has 0 fully saturated rings. The summed E-state index contributed by atoms with van der Waals surface area (Å²) < 4.78 is 5.45. The second kappa shape index (κ2) is 16.0. The van der Waals surface area contributed by atoms with Gasteiger partial charge in [0.15, 0.2) is 0 Å². The molecule has 0 spiro atoms. The van der Waals surface area contributed by atoms with Gasteiger partial charge in [0, 0.05) is 28.4 Å². The smallest absolute Gasteiger partial charge is 0.408 e. The molecule has 48 heavy (non-hydrogen) atoms. The Morgan fingerprint density at radius 3 is 2.38 bits per heavy atom. The van der Waals surface area contributed by atoms with Crippen molar-refractivity contribution in [3.05, 3.63) is 101 Å². The number of benzene rings is 3. The summed E-state index contributed by atoms with van der Waals surface area (Å²) in [4.78, 5) is 42.0. The fraction of sp³-hybridized carbons (Fsp3) is 0.297. The maximum Gasteiger partial charge on any atom is 0.408 e. The van der Waals surface area contributed by atoms with Gasteiger partial charge in [0.05, 0.1) is 17.5 Å². The highest BCUT2D eigenvalue weighted by atomic mass is 35.5. The van der Waals surface area contributed by atoms with E-state index in [9.17, 15) is 19.5 Å². The molecule has 3 amide bonds. The lowest BCUT2D eigenvalue weighted by atomic mass is 10.0. The van der Waals surface area contributed by atoms with Gasteiger partial charge in [0.2, 0.25) is 5.91 Å². The molecule has 0 bridgehead atoms. The van der Waals surface area contributed by atoms with Crippen molar-refractivity contribution in [3.63, 3.8) is 0 Å². The number of nitrogens with zero attached hydrogens (tertiary/aromatic N) is 2. The Balaban J connectivity index is 1.51. The number of H-pyrrole nitrogens is 1. The maximum atomic E-state index is 14.1. The average Bonchev–Trinajstić information content (AvgIpc) is 3.52. The summed E-state index contributed by atoms with van der Waals surface area (Å²) in [5, 5.41) is 23.3. The number of aromatic nitrogens is 2. The first-order valence-electron chi connectivity index (χ1n) is 15.7. The second-order valence-corrected chi connectivity index (χ2v) is 12.5. The first-order chi connectivity index (χ1) is 22.9. The van der Waals surface area contributed by atoms with Crippen LogP contribution in [0.3, 0.4) is 0 Å². The second-order valence-electron chi connectivity index (χ2n) is 12.1. The van der Waals surface area contributed by atoms with Crippen molar-refractivity contribution in [1.29, 1.82) is 0 Å². The number of alkyl carbamates (subject to hydrolysis) is 1. The molecule has 0 saturated heterocycles. The van der Waals surface area contributed by atoms with Crippen molar-refractivity contribution < 1.29 is 24.2 Å². The standard InChI is InChI=1S/C37H40ClN5O5/c1-6-21-43(35(46)33(25-11-9-8-10-12-25)41-36(47)48-37(3,4)5)30(7-2)34(45)40-28-18-14-24(15-19-28)13-16-26-23-39-42-32(26)29-22-27(38)17-20-31(29)44/h8-12,14-15,17-20,22-23,30,33,44H,6-7,21H2,1-5H3,(H,39,42)(H,40,45)(H,41,47)/t30-,33+/m0/s1. The van der Waals surface area contributed by atoms with Crippen LogP contribution >= 0.6 is 11.6 Å². The lowest BCUT2D eigenvalue weighted by Gasteiger charge is -2.33. The Morgan fingerprint density at radius 2 is 1.73 bits per heavy atom. The van der Waals surface area contributed by atoms with Gasteiger partial charge in [-0.15, -0.1) is 0 Å². The number of carbonyl (C=O) groups is 3. The fourth-order valence-electron chi connectivity index (χ4n) is 5.03. The van der Waals surface area contributed by atoms with E-state index in [0.717, 1.165) is 0 Å². The minimum atomic E-state index is -1.05. The highest BCUT2D eigenvalue weighted by molar-refractivity contribution is 6.31. The summed E-state index contributed by atoms with van der Waals surface area (Å²) in [5.41, 5.74) is 2.64. The molecule has 0 aliphatic heterocycles. The van der Waals surface area contributed by atoms with Crippen molar-refractivity contribution in [2.75, 3.05) is 11.9 Å². The van der Waals surface area contributed by atoms with Crippen molar-refractivity contribution in [1.82, 2.24) is 20.4 Å². The van der Waals surface area contributed by atoms with Gasteiger partial charge in [-0.1, -0.05) is 67.6 Å². The number of hydrogen-bond acceptors (Lipinski definition) is 6. The Labute approximate surface area is 285 Å².